The summed E-state index contributed by atoms with van der Waals surface area (Å²) in [6.45, 7) is 2.75. The predicted octanol–water partition coefficient (Wildman–Crippen LogP) is 3.83. The Hall–Kier alpha value is -1.07. The predicted molar refractivity (Wildman–Crippen MR) is 74.9 cm³/mol. The van der Waals surface area contributed by atoms with Crippen LogP contribution in [-0.2, 0) is 6.54 Å². The summed E-state index contributed by atoms with van der Waals surface area (Å²) in [5.74, 6) is 0.834. The Bertz CT molecular complexity index is 513. The molecule has 0 aliphatic carbocycles. The third kappa shape index (κ3) is 3.20. The molecule has 2 aromatic rings. The summed E-state index contributed by atoms with van der Waals surface area (Å²) >= 11 is 5.13. The minimum absolute atomic E-state index is 0.747. The first kappa shape index (κ1) is 12.4. The number of aryl methyl sites for hydroxylation is 1. The number of anilines is 1. The number of aromatic nitrogens is 1. The molecular weight excluding hydrogens is 300 g/mol. The molecule has 2 rings (SSSR count). The lowest BCUT2D eigenvalue weighted by Crippen LogP contribution is -1.99. The van der Waals surface area contributed by atoms with Crippen LogP contribution >= 0.6 is 27.3 Å². The van der Waals surface area contributed by atoms with Crippen molar-refractivity contribution in [3.8, 4) is 5.75 Å². The summed E-state index contributed by atoms with van der Waals surface area (Å²) in [6.07, 6.45) is 0. The topological polar surface area (TPSA) is 34.1 Å². The monoisotopic (exact) mass is 312 g/mol. The molecule has 1 N–H and O–H groups in total. The maximum Gasteiger partial charge on any atom is 0.133 e. The van der Waals surface area contributed by atoms with Crippen molar-refractivity contribution in [2.24, 2.45) is 0 Å². The van der Waals surface area contributed by atoms with Gasteiger partial charge in [0, 0.05) is 16.8 Å². The zero-order chi connectivity index (χ0) is 12.3. The number of halogens is 1. The zero-order valence-corrected chi connectivity index (χ0v) is 12.1. The van der Waals surface area contributed by atoms with Crippen molar-refractivity contribution in [2.75, 3.05) is 12.4 Å². The number of nitrogens with zero attached hydrogens (tertiary/aromatic N) is 1. The van der Waals surface area contributed by atoms with Gasteiger partial charge in [-0.25, -0.2) is 4.98 Å². The van der Waals surface area contributed by atoms with E-state index in [1.165, 1.54) is 0 Å². The van der Waals surface area contributed by atoms with Crippen molar-refractivity contribution in [2.45, 2.75) is 13.5 Å². The number of hydrogen-bond acceptors (Lipinski definition) is 4. The van der Waals surface area contributed by atoms with Gasteiger partial charge in [0.05, 0.1) is 18.1 Å². The Morgan fingerprint density at radius 2 is 2.29 bits per heavy atom. The lowest BCUT2D eigenvalue weighted by Gasteiger charge is -2.07. The fourth-order valence-corrected chi connectivity index (χ4v) is 2.69. The van der Waals surface area contributed by atoms with Crippen molar-refractivity contribution in [1.29, 1.82) is 0 Å². The van der Waals surface area contributed by atoms with E-state index >= 15 is 0 Å². The lowest BCUT2D eigenvalue weighted by atomic mass is 10.3. The van der Waals surface area contributed by atoms with E-state index in [0.717, 1.165) is 33.2 Å². The molecule has 0 aliphatic rings. The van der Waals surface area contributed by atoms with E-state index in [1.54, 1.807) is 18.4 Å². The molecule has 1 aromatic heterocycles. The van der Waals surface area contributed by atoms with Gasteiger partial charge in [-0.05, 0) is 41.1 Å². The number of methoxy groups -OCH3 is 1. The molecule has 0 unspecified atom stereocenters. The van der Waals surface area contributed by atoms with Crippen molar-refractivity contribution >= 4 is 33.0 Å². The van der Waals surface area contributed by atoms with Gasteiger partial charge in [0.2, 0.25) is 0 Å². The van der Waals surface area contributed by atoms with Crippen LogP contribution in [0.4, 0.5) is 5.69 Å². The summed E-state index contributed by atoms with van der Waals surface area (Å²) in [5, 5.41) is 6.48. The second-order valence-electron chi connectivity index (χ2n) is 3.59. The smallest absolute Gasteiger partial charge is 0.133 e. The number of hydrogen-bond donors (Lipinski definition) is 1. The van der Waals surface area contributed by atoms with E-state index in [9.17, 15) is 0 Å². The van der Waals surface area contributed by atoms with E-state index in [0.29, 0.717) is 0 Å². The van der Waals surface area contributed by atoms with E-state index in [-0.39, 0.29) is 0 Å². The summed E-state index contributed by atoms with van der Waals surface area (Å²) in [7, 11) is 1.66. The number of rotatable bonds is 4. The fraction of sp³-hybridized carbons (Fsp3) is 0.250. The molecule has 5 heteroatoms. The molecular formula is C12H13BrN2OS. The molecule has 1 aromatic carbocycles. The van der Waals surface area contributed by atoms with Crippen molar-refractivity contribution in [3.05, 3.63) is 38.8 Å². The van der Waals surface area contributed by atoms with Crippen molar-refractivity contribution in [1.82, 2.24) is 4.98 Å². The molecule has 0 fully saturated rings. The van der Waals surface area contributed by atoms with Gasteiger partial charge in [0.25, 0.3) is 0 Å². The SMILES string of the molecule is COc1ccc(NCc2nc(C)cs2)cc1Br. The molecule has 0 aliphatic heterocycles. The van der Waals surface area contributed by atoms with Gasteiger partial charge in [0.15, 0.2) is 0 Å². The maximum absolute atomic E-state index is 5.18. The fourth-order valence-electron chi connectivity index (χ4n) is 1.44. The number of ether oxygens (including phenoxy) is 1. The van der Waals surface area contributed by atoms with E-state index < -0.39 is 0 Å². The maximum atomic E-state index is 5.18. The van der Waals surface area contributed by atoms with Crippen molar-refractivity contribution < 1.29 is 4.74 Å². The van der Waals surface area contributed by atoms with Crippen LogP contribution in [0.5, 0.6) is 5.75 Å². The van der Waals surface area contributed by atoms with Crippen LogP contribution in [0.1, 0.15) is 10.7 Å². The molecule has 0 saturated heterocycles. The summed E-state index contributed by atoms with van der Waals surface area (Å²) < 4.78 is 6.13. The van der Waals surface area contributed by atoms with Gasteiger partial charge in [-0.2, -0.15) is 0 Å². The average Bonchev–Trinajstić information content (AvgIpc) is 2.73. The van der Waals surface area contributed by atoms with Crippen LogP contribution in [0.2, 0.25) is 0 Å². The molecule has 1 heterocycles. The van der Waals surface area contributed by atoms with Gasteiger partial charge >= 0.3 is 0 Å². The number of benzene rings is 1. The largest absolute Gasteiger partial charge is 0.496 e. The van der Waals surface area contributed by atoms with Crippen LogP contribution in [0.3, 0.4) is 0 Å². The van der Waals surface area contributed by atoms with Crippen LogP contribution < -0.4 is 10.1 Å². The molecule has 0 saturated carbocycles. The third-order valence-corrected chi connectivity index (χ3v) is 3.85. The van der Waals surface area contributed by atoms with Gasteiger partial charge < -0.3 is 10.1 Å². The molecule has 0 spiro atoms. The highest BCUT2D eigenvalue weighted by molar-refractivity contribution is 9.10. The minimum Gasteiger partial charge on any atom is -0.496 e. The second kappa shape index (κ2) is 5.51. The molecule has 17 heavy (non-hydrogen) atoms. The first-order chi connectivity index (χ1) is 8.19. The summed E-state index contributed by atoms with van der Waals surface area (Å²) in [4.78, 5) is 4.40. The van der Waals surface area contributed by atoms with Gasteiger partial charge in [-0.3, -0.25) is 0 Å². The highest BCUT2D eigenvalue weighted by Gasteiger charge is 2.02. The number of thiazole rings is 1. The Kier molecular flexibility index (Phi) is 4.02. The Morgan fingerprint density at radius 3 is 2.88 bits per heavy atom. The van der Waals surface area contributed by atoms with Gasteiger partial charge in [0.1, 0.15) is 10.8 Å². The summed E-state index contributed by atoms with van der Waals surface area (Å²) in [5.41, 5.74) is 2.12. The number of nitrogens with one attached hydrogen (secondary N) is 1. The van der Waals surface area contributed by atoms with E-state index in [1.807, 2.05) is 25.1 Å². The normalized spacial score (nSPS) is 10.3. The second-order valence-corrected chi connectivity index (χ2v) is 5.38. The Labute approximate surface area is 113 Å². The minimum atomic E-state index is 0.747. The molecule has 0 radical (unpaired) electrons. The van der Waals surface area contributed by atoms with Crippen LogP contribution in [-0.4, -0.2) is 12.1 Å². The summed E-state index contributed by atoms with van der Waals surface area (Å²) in [6, 6.07) is 5.92. The zero-order valence-electron chi connectivity index (χ0n) is 9.66. The first-order valence-corrected chi connectivity index (χ1v) is 6.84. The van der Waals surface area contributed by atoms with E-state index in [4.69, 9.17) is 4.74 Å². The lowest BCUT2D eigenvalue weighted by molar-refractivity contribution is 0.412. The van der Waals surface area contributed by atoms with Crippen LogP contribution in [0, 0.1) is 6.92 Å². The molecule has 0 bridgehead atoms. The third-order valence-electron chi connectivity index (χ3n) is 2.26. The molecule has 3 nitrogen and oxygen atoms in total. The van der Waals surface area contributed by atoms with Crippen LogP contribution in [0.15, 0.2) is 28.1 Å². The van der Waals surface area contributed by atoms with Crippen molar-refractivity contribution in [3.63, 3.8) is 0 Å². The highest BCUT2D eigenvalue weighted by Crippen LogP contribution is 2.27. The quantitative estimate of drug-likeness (QED) is 0.931. The average molecular weight is 313 g/mol. The molecule has 0 amide bonds. The highest BCUT2D eigenvalue weighted by atomic mass is 79.9. The Balaban J connectivity index is 2.02. The van der Waals surface area contributed by atoms with Gasteiger partial charge in [-0.15, -0.1) is 11.3 Å². The van der Waals surface area contributed by atoms with Gasteiger partial charge in [-0.1, -0.05) is 0 Å². The van der Waals surface area contributed by atoms with Crippen LogP contribution in [0.25, 0.3) is 0 Å². The molecule has 90 valence electrons. The first-order valence-electron chi connectivity index (χ1n) is 5.17. The Morgan fingerprint density at radius 1 is 1.47 bits per heavy atom. The standard InChI is InChI=1S/C12H13BrN2OS/c1-8-7-17-12(15-8)6-14-9-3-4-11(16-2)10(13)5-9/h3-5,7,14H,6H2,1-2H3. The van der Waals surface area contributed by atoms with E-state index in [2.05, 4.69) is 31.6 Å². The molecule has 0 atom stereocenters.